The Balaban J connectivity index is 3.37. The monoisotopic (exact) mass is 290 g/mol. The number of nitrogens with one attached hydrogen (secondary N) is 2. The first-order valence-electron chi connectivity index (χ1n) is 6.44. The Hall–Kier alpha value is -1.51. The van der Waals surface area contributed by atoms with Crippen molar-refractivity contribution in [2.24, 2.45) is 0 Å². The molecule has 0 saturated heterocycles. The van der Waals surface area contributed by atoms with Gasteiger partial charge in [-0.15, -0.1) is 0 Å². The van der Waals surface area contributed by atoms with E-state index in [1.54, 1.807) is 0 Å². The molecule has 8 nitrogen and oxygen atoms in total. The summed E-state index contributed by atoms with van der Waals surface area (Å²) in [6, 6.07) is 0. The fourth-order valence-electron chi connectivity index (χ4n) is 1.22. The van der Waals surface area contributed by atoms with Crippen LogP contribution >= 0.6 is 0 Å². The van der Waals surface area contributed by atoms with Crippen LogP contribution < -0.4 is 10.6 Å². The van der Waals surface area contributed by atoms with Crippen molar-refractivity contribution in [3.63, 3.8) is 0 Å². The second kappa shape index (κ2) is 13.9. The highest BCUT2D eigenvalue weighted by molar-refractivity contribution is 5.78. The number of aliphatic hydroxyl groups is 1. The molecule has 0 aromatic rings. The normalized spacial score (nSPS) is 10.1. The van der Waals surface area contributed by atoms with Crippen molar-refractivity contribution in [1.82, 2.24) is 10.6 Å². The zero-order chi connectivity index (χ0) is 15.1. The summed E-state index contributed by atoms with van der Waals surface area (Å²) in [5, 5.41) is 13.6. The third kappa shape index (κ3) is 12.9. The number of hydrogen-bond acceptors (Lipinski definition) is 6. The molecule has 116 valence electrons. The molecule has 0 bridgehead atoms. The molecule has 0 heterocycles. The summed E-state index contributed by atoms with van der Waals surface area (Å²) in [6.07, 6.45) is 1.01. The fourth-order valence-corrected chi connectivity index (χ4v) is 1.22. The van der Waals surface area contributed by atoms with Crippen LogP contribution in [0, 0.1) is 0 Å². The number of rotatable bonds is 13. The lowest BCUT2D eigenvalue weighted by atomic mass is 10.3. The SMILES string of the molecule is O=CCOCCNC(=O)CCNC(=O)CCOCCO. The van der Waals surface area contributed by atoms with E-state index in [-0.39, 0.29) is 64.2 Å². The third-order valence-electron chi connectivity index (χ3n) is 2.14. The van der Waals surface area contributed by atoms with E-state index < -0.39 is 0 Å². The van der Waals surface area contributed by atoms with Crippen molar-refractivity contribution >= 4 is 18.1 Å². The Morgan fingerprint density at radius 3 is 2.35 bits per heavy atom. The predicted molar refractivity (Wildman–Crippen MR) is 70.0 cm³/mol. The van der Waals surface area contributed by atoms with Crippen LogP contribution in [-0.2, 0) is 23.9 Å². The summed E-state index contributed by atoms with van der Waals surface area (Å²) >= 11 is 0. The van der Waals surface area contributed by atoms with E-state index in [9.17, 15) is 14.4 Å². The van der Waals surface area contributed by atoms with Gasteiger partial charge in [0.25, 0.3) is 0 Å². The van der Waals surface area contributed by atoms with E-state index in [0.29, 0.717) is 12.8 Å². The van der Waals surface area contributed by atoms with Crippen LogP contribution in [0.2, 0.25) is 0 Å². The van der Waals surface area contributed by atoms with Crippen molar-refractivity contribution in [2.75, 3.05) is 46.1 Å². The van der Waals surface area contributed by atoms with Gasteiger partial charge in [-0.3, -0.25) is 9.59 Å². The number of carbonyl (C=O) groups excluding carboxylic acids is 3. The maximum atomic E-state index is 11.3. The van der Waals surface area contributed by atoms with Crippen molar-refractivity contribution in [2.45, 2.75) is 12.8 Å². The van der Waals surface area contributed by atoms with E-state index in [1.807, 2.05) is 0 Å². The fraction of sp³-hybridized carbons (Fsp3) is 0.750. The highest BCUT2D eigenvalue weighted by atomic mass is 16.5. The standard InChI is InChI=1S/C12H22N2O6/c15-5-9-19-7-2-12(18)13-3-1-11(17)14-4-8-20-10-6-16/h6,15H,1-5,7-10H2,(H,13,18)(H,14,17). The summed E-state index contributed by atoms with van der Waals surface area (Å²) < 4.78 is 9.79. The molecular weight excluding hydrogens is 268 g/mol. The number of carbonyl (C=O) groups is 3. The molecule has 0 aromatic carbocycles. The van der Waals surface area contributed by atoms with E-state index in [4.69, 9.17) is 14.6 Å². The average molecular weight is 290 g/mol. The summed E-state index contributed by atoms with van der Waals surface area (Å²) in [7, 11) is 0. The number of hydrogen-bond donors (Lipinski definition) is 3. The number of ether oxygens (including phenoxy) is 2. The van der Waals surface area contributed by atoms with Crippen LogP contribution in [0.25, 0.3) is 0 Å². The van der Waals surface area contributed by atoms with Gasteiger partial charge in [0.2, 0.25) is 11.8 Å². The lowest BCUT2D eigenvalue weighted by Gasteiger charge is -2.07. The van der Waals surface area contributed by atoms with Gasteiger partial charge >= 0.3 is 0 Å². The predicted octanol–water partition coefficient (Wildman–Crippen LogP) is -1.78. The minimum Gasteiger partial charge on any atom is -0.394 e. The van der Waals surface area contributed by atoms with Gasteiger partial charge in [-0.05, 0) is 0 Å². The smallest absolute Gasteiger partial charge is 0.222 e. The molecule has 2 amide bonds. The highest BCUT2D eigenvalue weighted by Gasteiger charge is 2.03. The highest BCUT2D eigenvalue weighted by Crippen LogP contribution is 1.84. The number of amides is 2. The van der Waals surface area contributed by atoms with Crippen LogP contribution in [0.4, 0.5) is 0 Å². The van der Waals surface area contributed by atoms with E-state index >= 15 is 0 Å². The molecule has 8 heteroatoms. The van der Waals surface area contributed by atoms with Gasteiger partial charge in [0.1, 0.15) is 12.9 Å². The maximum Gasteiger partial charge on any atom is 0.222 e. The van der Waals surface area contributed by atoms with Crippen molar-refractivity contribution < 1.29 is 29.0 Å². The Labute approximate surface area is 117 Å². The van der Waals surface area contributed by atoms with Crippen molar-refractivity contribution in [1.29, 1.82) is 0 Å². The van der Waals surface area contributed by atoms with Crippen LogP contribution in [0.15, 0.2) is 0 Å². The summed E-state index contributed by atoms with van der Waals surface area (Å²) in [5.41, 5.74) is 0. The zero-order valence-electron chi connectivity index (χ0n) is 11.4. The zero-order valence-corrected chi connectivity index (χ0v) is 11.4. The second-order valence-corrected chi connectivity index (χ2v) is 3.78. The molecule has 0 fully saturated rings. The van der Waals surface area contributed by atoms with Crippen molar-refractivity contribution in [3.05, 3.63) is 0 Å². The van der Waals surface area contributed by atoms with Crippen LogP contribution in [-0.4, -0.2) is 69.3 Å². The first-order chi connectivity index (χ1) is 9.70. The lowest BCUT2D eigenvalue weighted by Crippen LogP contribution is -2.32. The van der Waals surface area contributed by atoms with Crippen LogP contribution in [0.3, 0.4) is 0 Å². The van der Waals surface area contributed by atoms with Gasteiger partial charge in [0.05, 0.1) is 26.4 Å². The van der Waals surface area contributed by atoms with Gasteiger partial charge < -0.3 is 30.0 Å². The Morgan fingerprint density at radius 1 is 0.950 bits per heavy atom. The molecule has 0 aliphatic rings. The minimum atomic E-state index is -0.204. The Morgan fingerprint density at radius 2 is 1.65 bits per heavy atom. The van der Waals surface area contributed by atoms with Gasteiger partial charge in [0.15, 0.2) is 0 Å². The quantitative estimate of drug-likeness (QED) is 0.273. The van der Waals surface area contributed by atoms with Crippen LogP contribution in [0.1, 0.15) is 12.8 Å². The minimum absolute atomic E-state index is 0.0181. The summed E-state index contributed by atoms with van der Waals surface area (Å²) in [6.45, 7) is 1.26. The first-order valence-corrected chi connectivity index (χ1v) is 6.44. The summed E-state index contributed by atoms with van der Waals surface area (Å²) in [5.74, 6) is -0.401. The Bertz CT molecular complexity index is 285. The molecule has 0 saturated carbocycles. The van der Waals surface area contributed by atoms with Gasteiger partial charge in [0, 0.05) is 25.9 Å². The molecule has 0 spiro atoms. The molecule has 0 atom stereocenters. The molecule has 0 rings (SSSR count). The average Bonchev–Trinajstić information content (AvgIpc) is 2.43. The lowest BCUT2D eigenvalue weighted by molar-refractivity contribution is -0.123. The van der Waals surface area contributed by atoms with Crippen LogP contribution in [0.5, 0.6) is 0 Å². The molecule has 0 radical (unpaired) electrons. The molecular formula is C12H22N2O6. The van der Waals surface area contributed by atoms with E-state index in [0.717, 1.165) is 0 Å². The maximum absolute atomic E-state index is 11.3. The first kappa shape index (κ1) is 18.5. The third-order valence-corrected chi connectivity index (χ3v) is 2.14. The molecule has 0 unspecified atom stereocenters. The Kier molecular flexibility index (Phi) is 12.9. The van der Waals surface area contributed by atoms with Crippen molar-refractivity contribution in [3.8, 4) is 0 Å². The molecule has 20 heavy (non-hydrogen) atoms. The largest absolute Gasteiger partial charge is 0.394 e. The topological polar surface area (TPSA) is 114 Å². The van der Waals surface area contributed by atoms with Gasteiger partial charge in [-0.1, -0.05) is 0 Å². The van der Waals surface area contributed by atoms with Gasteiger partial charge in [-0.25, -0.2) is 0 Å². The summed E-state index contributed by atoms with van der Waals surface area (Å²) in [4.78, 5) is 32.5. The van der Waals surface area contributed by atoms with Gasteiger partial charge in [-0.2, -0.15) is 0 Å². The molecule has 0 aromatic heterocycles. The molecule has 0 aliphatic carbocycles. The number of aliphatic hydroxyl groups excluding tert-OH is 1. The second-order valence-electron chi connectivity index (χ2n) is 3.78. The van der Waals surface area contributed by atoms with E-state index in [1.165, 1.54) is 0 Å². The number of aldehydes is 1. The molecule has 3 N–H and O–H groups in total. The molecule has 0 aliphatic heterocycles. The van der Waals surface area contributed by atoms with E-state index in [2.05, 4.69) is 10.6 Å².